The topological polar surface area (TPSA) is 67.3 Å². The SMILES string of the molecule is COc1ccccc1CCNc1ccc(C(=O)N(C)CCc2ccncc2)nc1. The number of rotatable bonds is 9. The zero-order valence-electron chi connectivity index (χ0n) is 16.8. The van der Waals surface area contributed by atoms with Crippen molar-refractivity contribution in [3.05, 3.63) is 83.9 Å². The summed E-state index contributed by atoms with van der Waals surface area (Å²) in [5.74, 6) is 0.808. The maximum Gasteiger partial charge on any atom is 0.272 e. The number of hydrogen-bond donors (Lipinski definition) is 1. The lowest BCUT2D eigenvalue weighted by Crippen LogP contribution is -2.29. The van der Waals surface area contributed by atoms with Crippen molar-refractivity contribution in [2.75, 3.05) is 32.6 Å². The van der Waals surface area contributed by atoms with E-state index in [0.717, 1.165) is 42.0 Å². The van der Waals surface area contributed by atoms with E-state index in [9.17, 15) is 4.79 Å². The maximum atomic E-state index is 12.6. The van der Waals surface area contributed by atoms with Gasteiger partial charge >= 0.3 is 0 Å². The Hall–Kier alpha value is -3.41. The Balaban J connectivity index is 1.49. The first-order valence-corrected chi connectivity index (χ1v) is 9.63. The molecule has 6 heteroatoms. The van der Waals surface area contributed by atoms with Crippen molar-refractivity contribution in [1.29, 1.82) is 0 Å². The summed E-state index contributed by atoms with van der Waals surface area (Å²) in [7, 11) is 3.48. The molecule has 0 aliphatic rings. The molecule has 0 atom stereocenters. The lowest BCUT2D eigenvalue weighted by Gasteiger charge is -2.17. The minimum absolute atomic E-state index is 0.0837. The van der Waals surface area contributed by atoms with Gasteiger partial charge in [-0.2, -0.15) is 0 Å². The van der Waals surface area contributed by atoms with E-state index in [2.05, 4.69) is 21.4 Å². The van der Waals surface area contributed by atoms with Gasteiger partial charge in [0.2, 0.25) is 0 Å². The van der Waals surface area contributed by atoms with Crippen molar-refractivity contribution in [1.82, 2.24) is 14.9 Å². The second-order valence-corrected chi connectivity index (χ2v) is 6.75. The van der Waals surface area contributed by atoms with Crippen molar-refractivity contribution in [2.24, 2.45) is 0 Å². The maximum absolute atomic E-state index is 12.6. The van der Waals surface area contributed by atoms with Gasteiger partial charge in [0.15, 0.2) is 0 Å². The molecular weight excluding hydrogens is 364 g/mol. The van der Waals surface area contributed by atoms with Crippen LogP contribution >= 0.6 is 0 Å². The second-order valence-electron chi connectivity index (χ2n) is 6.75. The molecule has 29 heavy (non-hydrogen) atoms. The minimum atomic E-state index is -0.0837. The summed E-state index contributed by atoms with van der Waals surface area (Å²) >= 11 is 0. The Bertz CT molecular complexity index is 914. The standard InChI is InChI=1S/C23H26N4O2/c1-27(16-12-18-9-13-24-14-10-18)23(28)21-8-7-20(17-26-21)25-15-11-19-5-3-4-6-22(19)29-2/h3-10,13-14,17,25H,11-12,15-16H2,1-2H3. The molecule has 0 spiro atoms. The zero-order chi connectivity index (χ0) is 20.5. The van der Waals surface area contributed by atoms with Crippen LogP contribution in [-0.4, -0.2) is 48.0 Å². The van der Waals surface area contributed by atoms with Gasteiger partial charge in [-0.25, -0.2) is 4.98 Å². The van der Waals surface area contributed by atoms with Crippen LogP contribution in [0.1, 0.15) is 21.6 Å². The van der Waals surface area contributed by atoms with Crippen molar-refractivity contribution in [2.45, 2.75) is 12.8 Å². The highest BCUT2D eigenvalue weighted by Crippen LogP contribution is 2.18. The summed E-state index contributed by atoms with van der Waals surface area (Å²) in [4.78, 5) is 22.6. The van der Waals surface area contributed by atoms with E-state index in [4.69, 9.17) is 4.74 Å². The third-order valence-corrected chi connectivity index (χ3v) is 4.73. The number of methoxy groups -OCH3 is 1. The van der Waals surface area contributed by atoms with Crippen LogP contribution in [0.15, 0.2) is 67.1 Å². The third-order valence-electron chi connectivity index (χ3n) is 4.73. The molecule has 0 aliphatic heterocycles. The van der Waals surface area contributed by atoms with Gasteiger partial charge in [0, 0.05) is 32.5 Å². The number of hydrogen-bond acceptors (Lipinski definition) is 5. The Morgan fingerprint density at radius 1 is 1.07 bits per heavy atom. The van der Waals surface area contributed by atoms with Crippen LogP contribution < -0.4 is 10.1 Å². The Morgan fingerprint density at radius 2 is 1.86 bits per heavy atom. The number of nitrogens with one attached hydrogen (secondary N) is 1. The number of para-hydroxylation sites is 1. The number of benzene rings is 1. The van der Waals surface area contributed by atoms with Gasteiger partial charge in [0.1, 0.15) is 11.4 Å². The number of amides is 1. The fourth-order valence-electron chi connectivity index (χ4n) is 3.02. The molecule has 0 bridgehead atoms. The number of carbonyl (C=O) groups is 1. The summed E-state index contributed by atoms with van der Waals surface area (Å²) in [5.41, 5.74) is 3.63. The second kappa shape index (κ2) is 10.2. The lowest BCUT2D eigenvalue weighted by molar-refractivity contribution is 0.0791. The van der Waals surface area contributed by atoms with Gasteiger partial charge in [-0.15, -0.1) is 0 Å². The van der Waals surface area contributed by atoms with Crippen LogP contribution in [0.3, 0.4) is 0 Å². The van der Waals surface area contributed by atoms with Gasteiger partial charge < -0.3 is 15.0 Å². The molecule has 0 unspecified atom stereocenters. The largest absolute Gasteiger partial charge is 0.496 e. The van der Waals surface area contributed by atoms with E-state index in [1.807, 2.05) is 36.4 Å². The molecule has 2 heterocycles. The predicted molar refractivity (Wildman–Crippen MR) is 114 cm³/mol. The molecule has 0 radical (unpaired) electrons. The van der Waals surface area contributed by atoms with E-state index < -0.39 is 0 Å². The van der Waals surface area contributed by atoms with Gasteiger partial charge in [-0.1, -0.05) is 18.2 Å². The van der Waals surface area contributed by atoms with E-state index in [0.29, 0.717) is 12.2 Å². The molecule has 0 fully saturated rings. The highest BCUT2D eigenvalue weighted by Gasteiger charge is 2.13. The predicted octanol–water partition coefficient (Wildman–Crippen LogP) is 3.45. The molecule has 2 aromatic heterocycles. The van der Waals surface area contributed by atoms with Crippen LogP contribution in [0.2, 0.25) is 0 Å². The molecule has 0 saturated carbocycles. The van der Waals surface area contributed by atoms with Crippen LogP contribution in [0, 0.1) is 0 Å². The van der Waals surface area contributed by atoms with Crippen molar-refractivity contribution in [3.8, 4) is 5.75 Å². The highest BCUT2D eigenvalue weighted by molar-refractivity contribution is 5.92. The van der Waals surface area contributed by atoms with Gasteiger partial charge in [-0.05, 0) is 54.3 Å². The smallest absolute Gasteiger partial charge is 0.272 e. The highest BCUT2D eigenvalue weighted by atomic mass is 16.5. The number of carbonyl (C=O) groups excluding carboxylic acids is 1. The number of aromatic nitrogens is 2. The summed E-state index contributed by atoms with van der Waals surface area (Å²) in [6, 6.07) is 15.6. The number of likely N-dealkylation sites (N-methyl/N-ethyl adjacent to an activating group) is 1. The summed E-state index contributed by atoms with van der Waals surface area (Å²) in [6.45, 7) is 1.38. The molecule has 150 valence electrons. The minimum Gasteiger partial charge on any atom is -0.496 e. The first-order valence-electron chi connectivity index (χ1n) is 9.63. The molecule has 3 rings (SSSR count). The lowest BCUT2D eigenvalue weighted by atomic mass is 10.1. The summed E-state index contributed by atoms with van der Waals surface area (Å²) in [5, 5.41) is 3.34. The Labute approximate surface area is 171 Å². The summed E-state index contributed by atoms with van der Waals surface area (Å²) < 4.78 is 5.38. The van der Waals surface area contributed by atoms with E-state index >= 15 is 0 Å². The van der Waals surface area contributed by atoms with Crippen LogP contribution in [-0.2, 0) is 12.8 Å². The normalized spacial score (nSPS) is 10.4. The summed E-state index contributed by atoms with van der Waals surface area (Å²) in [6.07, 6.45) is 6.85. The molecule has 0 saturated heterocycles. The third kappa shape index (κ3) is 5.78. The Kier molecular flexibility index (Phi) is 7.16. The number of nitrogens with zero attached hydrogens (tertiary/aromatic N) is 3. The van der Waals surface area contributed by atoms with E-state index in [-0.39, 0.29) is 5.91 Å². The number of ether oxygens (including phenoxy) is 1. The van der Waals surface area contributed by atoms with Gasteiger partial charge in [0.05, 0.1) is 19.0 Å². The molecule has 0 aliphatic carbocycles. The first-order chi connectivity index (χ1) is 14.2. The quantitative estimate of drug-likeness (QED) is 0.606. The van der Waals surface area contributed by atoms with Crippen molar-refractivity contribution >= 4 is 11.6 Å². The zero-order valence-corrected chi connectivity index (χ0v) is 16.8. The average molecular weight is 390 g/mol. The number of pyridine rings is 2. The van der Waals surface area contributed by atoms with Crippen LogP contribution in [0.25, 0.3) is 0 Å². The molecule has 1 N–H and O–H groups in total. The first kappa shape index (κ1) is 20.3. The monoisotopic (exact) mass is 390 g/mol. The van der Waals surface area contributed by atoms with Crippen LogP contribution in [0.5, 0.6) is 5.75 Å². The molecule has 1 aromatic carbocycles. The van der Waals surface area contributed by atoms with Crippen LogP contribution in [0.4, 0.5) is 5.69 Å². The molecule has 1 amide bonds. The Morgan fingerprint density at radius 3 is 2.59 bits per heavy atom. The van der Waals surface area contributed by atoms with Crippen molar-refractivity contribution < 1.29 is 9.53 Å². The fourth-order valence-corrected chi connectivity index (χ4v) is 3.02. The van der Waals surface area contributed by atoms with Crippen molar-refractivity contribution in [3.63, 3.8) is 0 Å². The molecule has 6 nitrogen and oxygen atoms in total. The van der Waals surface area contributed by atoms with E-state index in [1.54, 1.807) is 43.7 Å². The average Bonchev–Trinajstić information content (AvgIpc) is 2.78. The van der Waals surface area contributed by atoms with Gasteiger partial charge in [0.25, 0.3) is 5.91 Å². The molecular formula is C23H26N4O2. The fraction of sp³-hybridized carbons (Fsp3) is 0.261. The van der Waals surface area contributed by atoms with Gasteiger partial charge in [-0.3, -0.25) is 9.78 Å². The number of anilines is 1. The van der Waals surface area contributed by atoms with E-state index in [1.165, 1.54) is 0 Å². The molecule has 3 aromatic rings.